The van der Waals surface area contributed by atoms with Crippen molar-refractivity contribution < 1.29 is 28.8 Å². The van der Waals surface area contributed by atoms with Crippen LogP contribution in [-0.2, 0) is 25.6 Å². The molecular formula is C30H37N5O6S. The van der Waals surface area contributed by atoms with E-state index in [1.807, 2.05) is 13.8 Å². The van der Waals surface area contributed by atoms with Gasteiger partial charge in [0.2, 0.25) is 17.7 Å². The van der Waals surface area contributed by atoms with Crippen LogP contribution >= 0.6 is 11.8 Å². The van der Waals surface area contributed by atoms with Crippen molar-refractivity contribution in [1.82, 2.24) is 25.8 Å². The molecule has 12 heteroatoms. The molecule has 5 amide bonds. The molecule has 2 heterocycles. The molecule has 3 rings (SSSR count). The third-order valence-electron chi connectivity index (χ3n) is 6.69. The number of fused-ring (bicyclic) bond motifs is 1. The summed E-state index contributed by atoms with van der Waals surface area (Å²) in [6, 6.07) is 10.00. The van der Waals surface area contributed by atoms with Crippen molar-refractivity contribution >= 4 is 46.4 Å². The number of rotatable bonds is 14. The number of carbonyl (C=O) groups excluding carboxylic acids is 6. The normalized spacial score (nSPS) is 14.6. The van der Waals surface area contributed by atoms with E-state index in [1.165, 1.54) is 14.0 Å². The molecule has 0 radical (unpaired) electrons. The summed E-state index contributed by atoms with van der Waals surface area (Å²) in [6.45, 7) is 5.24. The average Bonchev–Trinajstić information content (AvgIpc) is 3.20. The number of thioether (sulfide) groups is 1. The number of nitrogens with one attached hydrogen (secondary N) is 3. The predicted molar refractivity (Wildman–Crippen MR) is 158 cm³/mol. The molecule has 1 aliphatic rings. The van der Waals surface area contributed by atoms with Crippen molar-refractivity contribution in [2.24, 2.45) is 5.92 Å². The molecule has 1 aromatic carbocycles. The Balaban J connectivity index is 1.67. The van der Waals surface area contributed by atoms with Gasteiger partial charge >= 0.3 is 0 Å². The van der Waals surface area contributed by atoms with Gasteiger partial charge in [-0.1, -0.05) is 43.8 Å². The van der Waals surface area contributed by atoms with Gasteiger partial charge in [-0.25, -0.2) is 0 Å². The van der Waals surface area contributed by atoms with Gasteiger partial charge in [-0.05, 0) is 49.4 Å². The number of hydrogen-bond acceptors (Lipinski definition) is 8. The van der Waals surface area contributed by atoms with Gasteiger partial charge in [0.25, 0.3) is 11.8 Å². The number of aromatic nitrogens is 1. The lowest BCUT2D eigenvalue weighted by molar-refractivity contribution is -0.132. The lowest BCUT2D eigenvalue weighted by Crippen LogP contribution is -2.55. The molecule has 2 aromatic rings. The molecule has 1 unspecified atom stereocenters. The van der Waals surface area contributed by atoms with Gasteiger partial charge in [0, 0.05) is 38.8 Å². The summed E-state index contributed by atoms with van der Waals surface area (Å²) < 4.78 is 0. The molecule has 224 valence electrons. The van der Waals surface area contributed by atoms with Crippen molar-refractivity contribution in [1.29, 1.82) is 0 Å². The molecule has 0 fully saturated rings. The Bertz CT molecular complexity index is 1280. The summed E-state index contributed by atoms with van der Waals surface area (Å²) >= 11 is 0.832. The number of likely N-dealkylation sites (N-methyl/N-ethyl adjacent to an activating group) is 1. The number of amides is 5. The maximum absolute atomic E-state index is 13.4. The van der Waals surface area contributed by atoms with Gasteiger partial charge in [0.15, 0.2) is 5.12 Å². The molecule has 3 atom stereocenters. The maximum Gasteiger partial charge on any atom is 0.261 e. The van der Waals surface area contributed by atoms with Crippen LogP contribution in [0.25, 0.3) is 0 Å². The molecule has 0 bridgehead atoms. The molecule has 1 aliphatic heterocycles. The standard InChI is InChI=1S/C30H37N5O6S/c1-18(2)16-23(27(38)33-24(26(37)31-4)17-20-10-7-8-14-32-20)34-28(39)25(42-19(3)36)13-9-15-35-29(40)21-11-5-6-12-22(21)30(35)41/h5-8,10-12,14,18,23-25H,9,13,15-17H2,1-4H3,(H,31,37)(H,33,38)(H,34,39)/t23-,24-,25?/m0/s1. The lowest BCUT2D eigenvalue weighted by Gasteiger charge is -2.25. The van der Waals surface area contributed by atoms with Crippen molar-refractivity contribution in [3.8, 4) is 0 Å². The van der Waals surface area contributed by atoms with E-state index >= 15 is 0 Å². The Morgan fingerprint density at radius 1 is 0.881 bits per heavy atom. The Morgan fingerprint density at radius 3 is 2.05 bits per heavy atom. The third-order valence-corrected chi connectivity index (χ3v) is 7.75. The highest BCUT2D eigenvalue weighted by Crippen LogP contribution is 2.24. The first-order valence-corrected chi connectivity index (χ1v) is 14.7. The first-order chi connectivity index (χ1) is 20.0. The smallest absolute Gasteiger partial charge is 0.261 e. The number of carbonyl (C=O) groups is 6. The zero-order valence-corrected chi connectivity index (χ0v) is 25.0. The second kappa shape index (κ2) is 15.2. The molecule has 1 aromatic heterocycles. The van der Waals surface area contributed by atoms with E-state index < -0.39 is 35.1 Å². The Hall–Kier alpha value is -4.06. The highest BCUT2D eigenvalue weighted by Gasteiger charge is 2.35. The molecule has 11 nitrogen and oxygen atoms in total. The van der Waals surface area contributed by atoms with E-state index in [2.05, 4.69) is 20.9 Å². The Kier molecular flexibility index (Phi) is 11.8. The van der Waals surface area contributed by atoms with E-state index in [4.69, 9.17) is 0 Å². The monoisotopic (exact) mass is 595 g/mol. The average molecular weight is 596 g/mol. The highest BCUT2D eigenvalue weighted by atomic mass is 32.2. The van der Waals surface area contributed by atoms with Crippen LogP contribution in [0, 0.1) is 5.92 Å². The molecule has 42 heavy (non-hydrogen) atoms. The zero-order chi connectivity index (χ0) is 30.8. The molecular weight excluding hydrogens is 558 g/mol. The van der Waals surface area contributed by atoms with E-state index in [0.29, 0.717) is 23.2 Å². The number of benzene rings is 1. The number of pyridine rings is 1. The summed E-state index contributed by atoms with van der Waals surface area (Å²) in [4.78, 5) is 82.0. The summed E-state index contributed by atoms with van der Waals surface area (Å²) in [6.07, 6.45) is 2.54. The fraction of sp³-hybridized carbons (Fsp3) is 0.433. The van der Waals surface area contributed by atoms with Crippen LogP contribution < -0.4 is 16.0 Å². The van der Waals surface area contributed by atoms with Crippen molar-refractivity contribution in [2.45, 2.75) is 63.8 Å². The van der Waals surface area contributed by atoms with Crippen molar-refractivity contribution in [2.75, 3.05) is 13.6 Å². The molecule has 0 spiro atoms. The quantitative estimate of drug-likeness (QED) is 0.281. The summed E-state index contributed by atoms with van der Waals surface area (Å²) in [5, 5.41) is 6.94. The van der Waals surface area contributed by atoms with Gasteiger partial charge in [0.05, 0.1) is 16.4 Å². The van der Waals surface area contributed by atoms with Crippen LogP contribution in [0.4, 0.5) is 0 Å². The van der Waals surface area contributed by atoms with E-state index in [0.717, 1.165) is 16.7 Å². The fourth-order valence-corrected chi connectivity index (χ4v) is 5.53. The minimum atomic E-state index is -0.959. The van der Waals surface area contributed by atoms with Gasteiger partial charge < -0.3 is 16.0 Å². The van der Waals surface area contributed by atoms with Crippen LogP contribution in [0.5, 0.6) is 0 Å². The van der Waals surface area contributed by atoms with Crippen LogP contribution in [-0.4, -0.2) is 75.5 Å². The van der Waals surface area contributed by atoms with E-state index in [-0.39, 0.29) is 48.7 Å². The first kappa shape index (κ1) is 32.5. The number of nitrogens with zero attached hydrogens (tertiary/aromatic N) is 2. The Morgan fingerprint density at radius 2 is 1.50 bits per heavy atom. The van der Waals surface area contributed by atoms with Crippen LogP contribution in [0.2, 0.25) is 0 Å². The summed E-state index contributed by atoms with van der Waals surface area (Å²) in [5.41, 5.74) is 1.30. The number of imide groups is 1. The minimum Gasteiger partial charge on any atom is -0.357 e. The van der Waals surface area contributed by atoms with Gasteiger partial charge in [-0.2, -0.15) is 0 Å². The topological polar surface area (TPSA) is 155 Å². The Labute approximate surface area is 249 Å². The van der Waals surface area contributed by atoms with Crippen molar-refractivity contribution in [3.05, 3.63) is 65.5 Å². The van der Waals surface area contributed by atoms with Crippen molar-refractivity contribution in [3.63, 3.8) is 0 Å². The van der Waals surface area contributed by atoms with E-state index in [1.54, 1.807) is 48.7 Å². The second-order valence-electron chi connectivity index (χ2n) is 10.4. The number of hydrogen-bond donors (Lipinski definition) is 3. The van der Waals surface area contributed by atoms with Gasteiger partial charge in [0.1, 0.15) is 12.1 Å². The first-order valence-electron chi connectivity index (χ1n) is 13.9. The van der Waals surface area contributed by atoms with Gasteiger partial charge in [-0.15, -0.1) is 0 Å². The zero-order valence-electron chi connectivity index (χ0n) is 24.2. The molecule has 0 aliphatic carbocycles. The van der Waals surface area contributed by atoms with Crippen LogP contribution in [0.3, 0.4) is 0 Å². The predicted octanol–water partition coefficient (Wildman–Crippen LogP) is 2.11. The SMILES string of the molecule is CNC(=O)[C@H](Cc1ccccn1)NC(=O)[C@H](CC(C)C)NC(=O)C(CCCN1C(=O)c2ccccc2C1=O)SC(C)=O. The third kappa shape index (κ3) is 8.72. The largest absolute Gasteiger partial charge is 0.357 e. The summed E-state index contributed by atoms with van der Waals surface area (Å²) in [7, 11) is 1.47. The molecule has 0 saturated heterocycles. The minimum absolute atomic E-state index is 0.0306. The van der Waals surface area contributed by atoms with E-state index in [9.17, 15) is 28.8 Å². The van der Waals surface area contributed by atoms with Crippen LogP contribution in [0.15, 0.2) is 48.7 Å². The lowest BCUT2D eigenvalue weighted by atomic mass is 10.0. The summed E-state index contributed by atoms with van der Waals surface area (Å²) in [5.74, 6) is -2.19. The maximum atomic E-state index is 13.4. The van der Waals surface area contributed by atoms with Gasteiger partial charge in [-0.3, -0.25) is 38.7 Å². The second-order valence-corrected chi connectivity index (χ2v) is 11.8. The van der Waals surface area contributed by atoms with Crippen LogP contribution in [0.1, 0.15) is 66.4 Å². The molecule has 3 N–H and O–H groups in total. The highest BCUT2D eigenvalue weighted by molar-refractivity contribution is 8.14. The fourth-order valence-electron chi connectivity index (χ4n) is 4.67. The molecule has 0 saturated carbocycles.